The van der Waals surface area contributed by atoms with E-state index >= 15 is 0 Å². The summed E-state index contributed by atoms with van der Waals surface area (Å²) in [6.45, 7) is 0. The normalized spacial score (nSPS) is 8.88. The fraction of sp³-hybridized carbons (Fsp3) is 0.250. The van der Waals surface area contributed by atoms with Crippen LogP contribution in [-0.4, -0.2) is 16.9 Å². The van der Waals surface area contributed by atoms with E-state index < -0.39 is 5.97 Å². The van der Waals surface area contributed by atoms with E-state index in [9.17, 15) is 9.59 Å². The third-order valence-electron chi connectivity index (χ3n) is 1.83. The Labute approximate surface area is 103 Å². The molecule has 0 saturated heterocycles. The molecule has 0 aliphatic rings. The fourth-order valence-corrected chi connectivity index (χ4v) is 1.92. The van der Waals surface area contributed by atoms with Crippen LogP contribution in [0.25, 0.3) is 0 Å². The van der Waals surface area contributed by atoms with Gasteiger partial charge in [-0.05, 0) is 12.1 Å². The number of aliphatic carboxylic acids is 1. The zero-order valence-electron chi connectivity index (χ0n) is 8.90. The molecular weight excluding hydrogens is 238 g/mol. The standard InChI is InChI=1S/C12H9NO3S/c13-8-2-1-3-9-4-6-11(17-9)10(14)5-7-12(15)16/h4,6H,2,5,7H2,(H,15,16). The van der Waals surface area contributed by atoms with Crippen molar-refractivity contribution in [3.63, 3.8) is 0 Å². The summed E-state index contributed by atoms with van der Waals surface area (Å²) < 4.78 is 0. The Hall–Kier alpha value is -2.11. The van der Waals surface area contributed by atoms with Gasteiger partial charge in [0.05, 0.1) is 28.7 Å². The second-order valence-corrected chi connectivity index (χ2v) is 4.20. The number of carboxylic acid groups (broad SMARTS) is 1. The van der Waals surface area contributed by atoms with Gasteiger partial charge in [0.25, 0.3) is 0 Å². The third-order valence-corrected chi connectivity index (χ3v) is 2.87. The van der Waals surface area contributed by atoms with Crippen LogP contribution < -0.4 is 0 Å². The lowest BCUT2D eigenvalue weighted by atomic mass is 10.2. The molecule has 0 aliphatic heterocycles. The predicted molar refractivity (Wildman–Crippen MR) is 62.6 cm³/mol. The van der Waals surface area contributed by atoms with Crippen molar-refractivity contribution in [2.75, 3.05) is 0 Å². The van der Waals surface area contributed by atoms with E-state index in [0.717, 1.165) is 0 Å². The second kappa shape index (κ2) is 6.47. The number of carboxylic acids is 1. The maximum absolute atomic E-state index is 11.5. The third kappa shape index (κ3) is 4.50. The molecule has 0 fully saturated rings. The molecule has 17 heavy (non-hydrogen) atoms. The first kappa shape index (κ1) is 13.0. The Kier molecular flexibility index (Phi) is 4.93. The van der Waals surface area contributed by atoms with Gasteiger partial charge >= 0.3 is 5.97 Å². The van der Waals surface area contributed by atoms with Crippen molar-refractivity contribution in [3.05, 3.63) is 21.9 Å². The number of rotatable bonds is 4. The van der Waals surface area contributed by atoms with Crippen LogP contribution in [0.1, 0.15) is 33.8 Å². The second-order valence-electron chi connectivity index (χ2n) is 3.12. The monoisotopic (exact) mass is 247 g/mol. The quantitative estimate of drug-likeness (QED) is 0.652. The lowest BCUT2D eigenvalue weighted by Gasteiger charge is -1.93. The highest BCUT2D eigenvalue weighted by molar-refractivity contribution is 7.14. The minimum atomic E-state index is -0.982. The lowest BCUT2D eigenvalue weighted by Crippen LogP contribution is -2.01. The van der Waals surface area contributed by atoms with Crippen LogP contribution in [0.4, 0.5) is 0 Å². The zero-order chi connectivity index (χ0) is 12.7. The van der Waals surface area contributed by atoms with Crippen molar-refractivity contribution in [2.45, 2.75) is 19.3 Å². The summed E-state index contributed by atoms with van der Waals surface area (Å²) in [5, 5.41) is 16.8. The molecule has 4 nitrogen and oxygen atoms in total. The Morgan fingerprint density at radius 1 is 1.35 bits per heavy atom. The van der Waals surface area contributed by atoms with Crippen LogP contribution >= 0.6 is 11.3 Å². The number of hydrogen-bond acceptors (Lipinski definition) is 4. The van der Waals surface area contributed by atoms with Crippen molar-refractivity contribution in [1.29, 1.82) is 5.26 Å². The van der Waals surface area contributed by atoms with E-state index in [0.29, 0.717) is 9.75 Å². The van der Waals surface area contributed by atoms with Crippen LogP contribution in [0.15, 0.2) is 12.1 Å². The summed E-state index contributed by atoms with van der Waals surface area (Å²) in [6.07, 6.45) is -0.00666. The predicted octanol–water partition coefficient (Wildman–Crippen LogP) is 2.06. The van der Waals surface area contributed by atoms with Gasteiger partial charge in [-0.1, -0.05) is 11.8 Å². The molecule has 1 heterocycles. The molecule has 1 aromatic rings. The summed E-state index contributed by atoms with van der Waals surface area (Å²) in [5.41, 5.74) is 0. The zero-order valence-corrected chi connectivity index (χ0v) is 9.71. The van der Waals surface area contributed by atoms with Gasteiger partial charge in [0.2, 0.25) is 0 Å². The number of hydrogen-bond donors (Lipinski definition) is 1. The van der Waals surface area contributed by atoms with Gasteiger partial charge in [-0.25, -0.2) is 0 Å². The van der Waals surface area contributed by atoms with Crippen molar-refractivity contribution in [1.82, 2.24) is 0 Å². The number of carbonyl (C=O) groups excluding carboxylic acids is 1. The van der Waals surface area contributed by atoms with E-state index in [1.165, 1.54) is 11.3 Å². The van der Waals surface area contributed by atoms with Crippen LogP contribution in [0.5, 0.6) is 0 Å². The van der Waals surface area contributed by atoms with E-state index in [-0.39, 0.29) is 25.0 Å². The highest BCUT2D eigenvalue weighted by Crippen LogP contribution is 2.17. The molecule has 86 valence electrons. The first-order valence-electron chi connectivity index (χ1n) is 4.84. The number of Topliss-reactive ketones (excluding diaryl/α,β-unsaturated/α-hetero) is 1. The van der Waals surface area contributed by atoms with E-state index in [2.05, 4.69) is 11.8 Å². The van der Waals surface area contributed by atoms with E-state index in [1.807, 2.05) is 6.07 Å². The van der Waals surface area contributed by atoms with Crippen molar-refractivity contribution in [2.24, 2.45) is 0 Å². The minimum Gasteiger partial charge on any atom is -0.481 e. The molecule has 0 amide bonds. The number of nitrogens with zero attached hydrogens (tertiary/aromatic N) is 1. The molecule has 0 aliphatic carbocycles. The summed E-state index contributed by atoms with van der Waals surface area (Å²) in [7, 11) is 0. The number of ketones is 1. The van der Waals surface area contributed by atoms with Gasteiger partial charge in [-0.15, -0.1) is 11.3 Å². The molecule has 5 heteroatoms. The molecule has 0 radical (unpaired) electrons. The topological polar surface area (TPSA) is 78.2 Å². The van der Waals surface area contributed by atoms with Gasteiger partial charge < -0.3 is 5.11 Å². The molecule has 0 spiro atoms. The van der Waals surface area contributed by atoms with Crippen LogP contribution in [0.2, 0.25) is 0 Å². The summed E-state index contributed by atoms with van der Waals surface area (Å²) in [5.74, 6) is 4.24. The molecule has 0 aromatic carbocycles. The fourth-order valence-electron chi connectivity index (χ4n) is 1.07. The van der Waals surface area contributed by atoms with Crippen LogP contribution in [-0.2, 0) is 4.79 Å². The maximum atomic E-state index is 11.5. The minimum absolute atomic E-state index is 0.000904. The van der Waals surface area contributed by atoms with Crippen molar-refractivity contribution < 1.29 is 14.7 Å². The van der Waals surface area contributed by atoms with Gasteiger partial charge in [-0.3, -0.25) is 9.59 Å². The molecule has 0 atom stereocenters. The van der Waals surface area contributed by atoms with E-state index in [1.54, 1.807) is 12.1 Å². The number of nitriles is 1. The average molecular weight is 247 g/mol. The summed E-state index contributed by atoms with van der Waals surface area (Å²) in [4.78, 5) is 23.1. The smallest absolute Gasteiger partial charge is 0.303 e. The highest BCUT2D eigenvalue weighted by Gasteiger charge is 2.10. The molecule has 0 bridgehead atoms. The van der Waals surface area contributed by atoms with Crippen LogP contribution in [0.3, 0.4) is 0 Å². The SMILES string of the molecule is N#CCC#Cc1ccc(C(=O)CCC(=O)O)s1. The first-order valence-corrected chi connectivity index (χ1v) is 5.66. The Bertz CT molecular complexity index is 528. The number of carbonyl (C=O) groups is 2. The van der Waals surface area contributed by atoms with Crippen molar-refractivity contribution >= 4 is 23.1 Å². The van der Waals surface area contributed by atoms with Crippen LogP contribution in [0, 0.1) is 23.2 Å². The molecule has 1 aromatic heterocycles. The molecular formula is C12H9NO3S. The van der Waals surface area contributed by atoms with Crippen molar-refractivity contribution in [3.8, 4) is 17.9 Å². The largest absolute Gasteiger partial charge is 0.481 e. The molecule has 0 unspecified atom stereocenters. The molecule has 0 saturated carbocycles. The lowest BCUT2D eigenvalue weighted by molar-refractivity contribution is -0.136. The van der Waals surface area contributed by atoms with E-state index in [4.69, 9.17) is 10.4 Å². The first-order chi connectivity index (χ1) is 8.13. The van der Waals surface area contributed by atoms with Gasteiger partial charge in [0.15, 0.2) is 5.78 Å². The highest BCUT2D eigenvalue weighted by atomic mass is 32.1. The molecule has 1 rings (SSSR count). The maximum Gasteiger partial charge on any atom is 0.303 e. The van der Waals surface area contributed by atoms with Gasteiger partial charge in [0.1, 0.15) is 0 Å². The Morgan fingerprint density at radius 3 is 2.76 bits per heavy atom. The number of thiophene rings is 1. The Balaban J connectivity index is 2.63. The molecule has 1 N–H and O–H groups in total. The summed E-state index contributed by atoms with van der Waals surface area (Å²) in [6, 6.07) is 5.23. The van der Waals surface area contributed by atoms with Gasteiger partial charge in [-0.2, -0.15) is 5.26 Å². The average Bonchev–Trinajstić information content (AvgIpc) is 2.75. The summed E-state index contributed by atoms with van der Waals surface area (Å²) >= 11 is 1.22. The Morgan fingerprint density at radius 2 is 2.12 bits per heavy atom. The van der Waals surface area contributed by atoms with Gasteiger partial charge in [0, 0.05) is 6.42 Å².